The summed E-state index contributed by atoms with van der Waals surface area (Å²) in [7, 11) is 0. The zero-order valence-corrected chi connectivity index (χ0v) is 14.4. The SMILES string of the molecule is CCC(NC(C)c1ccc(F)cc1Cl)c1ccc(Br)cc1. The molecule has 0 amide bonds. The molecule has 0 aliphatic carbocycles. The highest BCUT2D eigenvalue weighted by atomic mass is 79.9. The van der Waals surface area contributed by atoms with Crippen molar-refractivity contribution in [1.82, 2.24) is 5.32 Å². The van der Waals surface area contributed by atoms with E-state index in [1.165, 1.54) is 17.7 Å². The molecule has 0 radical (unpaired) electrons. The average Bonchev–Trinajstić information content (AvgIpc) is 2.45. The lowest BCUT2D eigenvalue weighted by atomic mass is 10.0. The summed E-state index contributed by atoms with van der Waals surface area (Å²) in [4.78, 5) is 0. The molecule has 0 fully saturated rings. The Bertz CT molecular complexity index is 600. The summed E-state index contributed by atoms with van der Waals surface area (Å²) in [6.07, 6.45) is 0.963. The molecule has 2 unspecified atom stereocenters. The van der Waals surface area contributed by atoms with Gasteiger partial charge in [-0.2, -0.15) is 0 Å². The molecule has 0 saturated carbocycles. The Balaban J connectivity index is 2.15. The van der Waals surface area contributed by atoms with Gasteiger partial charge in [-0.15, -0.1) is 0 Å². The molecular weight excluding hydrogens is 353 g/mol. The second kappa shape index (κ2) is 7.39. The lowest BCUT2D eigenvalue weighted by Gasteiger charge is -2.24. The van der Waals surface area contributed by atoms with Crippen molar-refractivity contribution in [3.05, 3.63) is 68.9 Å². The summed E-state index contributed by atoms with van der Waals surface area (Å²) in [5, 5.41) is 4.02. The number of nitrogens with one attached hydrogen (secondary N) is 1. The van der Waals surface area contributed by atoms with Gasteiger partial charge in [0, 0.05) is 21.6 Å². The number of benzene rings is 2. The fourth-order valence-corrected chi connectivity index (χ4v) is 2.98. The summed E-state index contributed by atoms with van der Waals surface area (Å²) in [5.74, 6) is -0.309. The van der Waals surface area contributed by atoms with Gasteiger partial charge >= 0.3 is 0 Å². The van der Waals surface area contributed by atoms with Gasteiger partial charge in [0.1, 0.15) is 5.82 Å². The topological polar surface area (TPSA) is 12.0 Å². The van der Waals surface area contributed by atoms with E-state index < -0.39 is 0 Å². The second-order valence-corrected chi connectivity index (χ2v) is 6.39. The van der Waals surface area contributed by atoms with Gasteiger partial charge in [0.15, 0.2) is 0 Å². The van der Waals surface area contributed by atoms with E-state index in [1.807, 2.05) is 19.1 Å². The first-order valence-electron chi connectivity index (χ1n) is 6.97. The minimum Gasteiger partial charge on any atom is -0.303 e. The van der Waals surface area contributed by atoms with Gasteiger partial charge in [0.05, 0.1) is 0 Å². The fourth-order valence-electron chi connectivity index (χ4n) is 2.39. The first-order valence-corrected chi connectivity index (χ1v) is 8.14. The van der Waals surface area contributed by atoms with Crippen molar-refractivity contribution in [3.8, 4) is 0 Å². The minimum absolute atomic E-state index is 0.0479. The van der Waals surface area contributed by atoms with E-state index >= 15 is 0 Å². The molecule has 0 saturated heterocycles. The van der Waals surface area contributed by atoms with Crippen molar-refractivity contribution >= 4 is 27.5 Å². The molecule has 0 aromatic heterocycles. The largest absolute Gasteiger partial charge is 0.303 e. The standard InChI is InChI=1S/C17H18BrClFN/c1-3-17(12-4-6-13(18)7-5-12)21-11(2)15-9-8-14(20)10-16(15)19/h4-11,17,21H,3H2,1-2H3. The molecule has 2 aromatic carbocycles. The molecule has 0 spiro atoms. The van der Waals surface area contributed by atoms with Crippen molar-refractivity contribution < 1.29 is 4.39 Å². The van der Waals surface area contributed by atoms with Crippen molar-refractivity contribution in [2.75, 3.05) is 0 Å². The Morgan fingerprint density at radius 1 is 1.19 bits per heavy atom. The van der Waals surface area contributed by atoms with Crippen LogP contribution in [-0.2, 0) is 0 Å². The van der Waals surface area contributed by atoms with Crippen LogP contribution < -0.4 is 5.32 Å². The van der Waals surface area contributed by atoms with Crippen LogP contribution in [0.5, 0.6) is 0 Å². The van der Waals surface area contributed by atoms with Crippen LogP contribution in [0.2, 0.25) is 5.02 Å². The van der Waals surface area contributed by atoms with E-state index in [1.54, 1.807) is 6.07 Å². The lowest BCUT2D eigenvalue weighted by Crippen LogP contribution is -2.24. The molecule has 1 N–H and O–H groups in total. The van der Waals surface area contributed by atoms with E-state index in [4.69, 9.17) is 11.6 Å². The maximum absolute atomic E-state index is 13.1. The molecule has 0 bridgehead atoms. The van der Waals surface area contributed by atoms with E-state index in [-0.39, 0.29) is 17.9 Å². The molecule has 0 aliphatic heterocycles. The van der Waals surface area contributed by atoms with E-state index in [9.17, 15) is 4.39 Å². The highest BCUT2D eigenvalue weighted by Crippen LogP contribution is 2.27. The molecule has 0 aliphatic rings. The Morgan fingerprint density at radius 2 is 1.86 bits per heavy atom. The van der Waals surface area contributed by atoms with Gasteiger partial charge in [-0.25, -0.2) is 4.39 Å². The summed E-state index contributed by atoms with van der Waals surface area (Å²) >= 11 is 9.58. The Hall–Kier alpha value is -0.900. The van der Waals surface area contributed by atoms with Crippen molar-refractivity contribution in [2.45, 2.75) is 32.4 Å². The Labute approximate surface area is 138 Å². The third-order valence-corrected chi connectivity index (χ3v) is 4.42. The molecule has 2 aromatic rings. The second-order valence-electron chi connectivity index (χ2n) is 5.07. The molecule has 4 heteroatoms. The van der Waals surface area contributed by atoms with Crippen molar-refractivity contribution in [1.29, 1.82) is 0 Å². The van der Waals surface area contributed by atoms with Gasteiger partial charge in [0.25, 0.3) is 0 Å². The molecular formula is C17H18BrClFN. The highest BCUT2D eigenvalue weighted by molar-refractivity contribution is 9.10. The van der Waals surface area contributed by atoms with Crippen LogP contribution in [0.4, 0.5) is 4.39 Å². The van der Waals surface area contributed by atoms with Gasteiger partial charge in [-0.05, 0) is 48.7 Å². The molecule has 0 heterocycles. The van der Waals surface area contributed by atoms with E-state index in [0.29, 0.717) is 5.02 Å². The summed E-state index contributed by atoms with van der Waals surface area (Å²) in [6, 6.07) is 13.1. The first-order chi connectivity index (χ1) is 10.0. The molecule has 2 rings (SSSR count). The van der Waals surface area contributed by atoms with Crippen LogP contribution in [-0.4, -0.2) is 0 Å². The van der Waals surface area contributed by atoms with Crippen LogP contribution in [0, 0.1) is 5.82 Å². The van der Waals surface area contributed by atoms with Crippen LogP contribution in [0.1, 0.15) is 43.5 Å². The van der Waals surface area contributed by atoms with Crippen molar-refractivity contribution in [2.24, 2.45) is 0 Å². The van der Waals surface area contributed by atoms with E-state index in [2.05, 4.69) is 40.3 Å². The predicted octanol–water partition coefficient (Wildman–Crippen LogP) is 6.04. The summed E-state index contributed by atoms with van der Waals surface area (Å²) in [6.45, 7) is 4.18. The third kappa shape index (κ3) is 4.29. The highest BCUT2D eigenvalue weighted by Gasteiger charge is 2.16. The molecule has 1 nitrogen and oxygen atoms in total. The number of halogens is 3. The lowest BCUT2D eigenvalue weighted by molar-refractivity contribution is 0.456. The third-order valence-electron chi connectivity index (χ3n) is 3.56. The first kappa shape index (κ1) is 16.5. The number of rotatable bonds is 5. The Morgan fingerprint density at radius 3 is 2.43 bits per heavy atom. The van der Waals surface area contributed by atoms with Gasteiger partial charge in [-0.1, -0.05) is 52.7 Å². The smallest absolute Gasteiger partial charge is 0.124 e. The van der Waals surface area contributed by atoms with Crippen LogP contribution in [0.25, 0.3) is 0 Å². The zero-order chi connectivity index (χ0) is 15.4. The normalized spacial score (nSPS) is 14.0. The summed E-state index contributed by atoms with van der Waals surface area (Å²) in [5.41, 5.74) is 2.14. The quantitative estimate of drug-likeness (QED) is 0.676. The zero-order valence-electron chi connectivity index (χ0n) is 12.0. The molecule has 21 heavy (non-hydrogen) atoms. The summed E-state index contributed by atoms with van der Waals surface area (Å²) < 4.78 is 14.2. The maximum atomic E-state index is 13.1. The maximum Gasteiger partial charge on any atom is 0.124 e. The van der Waals surface area contributed by atoms with E-state index in [0.717, 1.165) is 16.5 Å². The minimum atomic E-state index is -0.309. The van der Waals surface area contributed by atoms with Crippen molar-refractivity contribution in [3.63, 3.8) is 0 Å². The number of hydrogen-bond donors (Lipinski definition) is 1. The van der Waals surface area contributed by atoms with Crippen LogP contribution in [0.3, 0.4) is 0 Å². The van der Waals surface area contributed by atoms with Gasteiger partial charge in [0.2, 0.25) is 0 Å². The van der Waals surface area contributed by atoms with Gasteiger partial charge in [-0.3, -0.25) is 0 Å². The number of hydrogen-bond acceptors (Lipinski definition) is 1. The monoisotopic (exact) mass is 369 g/mol. The fraction of sp³-hybridized carbons (Fsp3) is 0.294. The van der Waals surface area contributed by atoms with Gasteiger partial charge < -0.3 is 5.32 Å². The van der Waals surface area contributed by atoms with Crippen LogP contribution >= 0.6 is 27.5 Å². The molecule has 112 valence electrons. The van der Waals surface area contributed by atoms with Crippen LogP contribution in [0.15, 0.2) is 46.9 Å². The Kier molecular flexibility index (Phi) is 5.80. The predicted molar refractivity (Wildman–Crippen MR) is 90.1 cm³/mol. The molecule has 2 atom stereocenters. The average molecular weight is 371 g/mol.